The maximum Gasteiger partial charge on any atom is 0.302 e. The van der Waals surface area contributed by atoms with E-state index in [1.54, 1.807) is 11.8 Å². The molecule has 1 rings (SSSR count). The highest BCUT2D eigenvalue weighted by molar-refractivity contribution is 8.03. The second kappa shape index (κ2) is 4.36. The molecule has 1 aliphatic heterocycles. The summed E-state index contributed by atoms with van der Waals surface area (Å²) in [5, 5.41) is 0. The largest absolute Gasteiger partial charge is 0.460 e. The summed E-state index contributed by atoms with van der Waals surface area (Å²) in [6, 6.07) is 0. The van der Waals surface area contributed by atoms with Gasteiger partial charge < -0.3 is 4.74 Å². The fourth-order valence-electron chi connectivity index (χ4n) is 0.903. The lowest BCUT2D eigenvalue weighted by Gasteiger charge is -2.11. The fraction of sp³-hybridized carbons (Fsp3) is 0.444. The Morgan fingerprint density at radius 3 is 3.08 bits per heavy atom. The van der Waals surface area contributed by atoms with Crippen molar-refractivity contribution in [1.82, 2.24) is 0 Å². The van der Waals surface area contributed by atoms with Gasteiger partial charge in [0.05, 0.1) is 0 Å². The Morgan fingerprint density at radius 1 is 1.75 bits per heavy atom. The molecule has 0 fully saturated rings. The number of hydrogen-bond donors (Lipinski definition) is 0. The third-order valence-electron chi connectivity index (χ3n) is 1.57. The second-order valence-electron chi connectivity index (χ2n) is 2.60. The van der Waals surface area contributed by atoms with Crippen molar-refractivity contribution in [3.05, 3.63) is 22.6 Å². The third-order valence-corrected chi connectivity index (χ3v) is 2.72. The highest BCUT2D eigenvalue weighted by atomic mass is 32.2. The van der Waals surface area contributed by atoms with Gasteiger partial charge in [-0.25, -0.2) is 0 Å². The molecule has 0 aromatic heterocycles. The molecular weight excluding hydrogens is 172 g/mol. The summed E-state index contributed by atoms with van der Waals surface area (Å²) in [7, 11) is 0. The topological polar surface area (TPSA) is 26.3 Å². The van der Waals surface area contributed by atoms with Crippen molar-refractivity contribution in [3.63, 3.8) is 0 Å². The summed E-state index contributed by atoms with van der Waals surface area (Å²) in [5.41, 5.74) is 1.20. The third kappa shape index (κ3) is 2.74. The predicted molar refractivity (Wildman–Crippen MR) is 50.9 cm³/mol. The number of carbonyl (C=O) groups excluding carboxylic acids is 1. The summed E-state index contributed by atoms with van der Waals surface area (Å²) in [6.45, 7) is 3.89. The Balaban J connectivity index is 2.49. The van der Waals surface area contributed by atoms with Crippen molar-refractivity contribution in [1.29, 1.82) is 0 Å². The molecule has 12 heavy (non-hydrogen) atoms. The minimum absolute atomic E-state index is 0.217. The molecule has 0 aromatic carbocycles. The van der Waals surface area contributed by atoms with Crippen LogP contribution in [0.2, 0.25) is 0 Å². The molecule has 66 valence electrons. The highest BCUT2D eigenvalue weighted by Gasteiger charge is 2.06. The molecule has 1 aliphatic rings. The predicted octanol–water partition coefficient (Wildman–Crippen LogP) is 2.13. The maximum atomic E-state index is 10.5. The van der Waals surface area contributed by atoms with Crippen molar-refractivity contribution in [3.8, 4) is 0 Å². The van der Waals surface area contributed by atoms with Crippen molar-refractivity contribution in [2.24, 2.45) is 0 Å². The van der Waals surface area contributed by atoms with Crippen molar-refractivity contribution in [2.45, 2.75) is 13.8 Å². The fourth-order valence-corrected chi connectivity index (χ4v) is 1.73. The minimum atomic E-state index is -0.217. The van der Waals surface area contributed by atoms with Crippen LogP contribution in [0.25, 0.3) is 0 Å². The van der Waals surface area contributed by atoms with Crippen molar-refractivity contribution in [2.75, 3.05) is 12.4 Å². The standard InChI is InChI=1S/C9H12O2S/c1-7-4-3-5-12-9(7)6-11-8(2)10/h3-4H,5-6H2,1-2H3. The molecular formula is C9H12O2S. The van der Waals surface area contributed by atoms with Gasteiger partial charge in [-0.3, -0.25) is 4.79 Å². The van der Waals surface area contributed by atoms with Gasteiger partial charge in [-0.05, 0) is 12.5 Å². The Morgan fingerprint density at radius 2 is 2.50 bits per heavy atom. The molecule has 0 unspecified atom stereocenters. The van der Waals surface area contributed by atoms with E-state index in [2.05, 4.69) is 12.2 Å². The minimum Gasteiger partial charge on any atom is -0.460 e. The normalized spacial score (nSPS) is 16.5. The molecule has 0 spiro atoms. The van der Waals surface area contributed by atoms with E-state index in [1.165, 1.54) is 12.5 Å². The van der Waals surface area contributed by atoms with Gasteiger partial charge >= 0.3 is 5.97 Å². The Kier molecular flexibility index (Phi) is 3.41. The van der Waals surface area contributed by atoms with Crippen LogP contribution in [0.1, 0.15) is 13.8 Å². The molecule has 2 nitrogen and oxygen atoms in total. The van der Waals surface area contributed by atoms with Crippen LogP contribution in [0.15, 0.2) is 22.6 Å². The lowest BCUT2D eigenvalue weighted by molar-refractivity contribution is -0.139. The number of ether oxygens (including phenoxy) is 1. The number of allylic oxidation sites excluding steroid dienone is 2. The van der Waals surface area contributed by atoms with Gasteiger partial charge in [0, 0.05) is 17.6 Å². The number of esters is 1. The van der Waals surface area contributed by atoms with Gasteiger partial charge in [-0.1, -0.05) is 12.2 Å². The van der Waals surface area contributed by atoms with E-state index in [4.69, 9.17) is 4.74 Å². The monoisotopic (exact) mass is 184 g/mol. The average Bonchev–Trinajstić information content (AvgIpc) is 2.03. The van der Waals surface area contributed by atoms with E-state index in [-0.39, 0.29) is 5.97 Å². The molecule has 0 bridgehead atoms. The van der Waals surface area contributed by atoms with Gasteiger partial charge in [-0.2, -0.15) is 0 Å². The second-order valence-corrected chi connectivity index (χ2v) is 3.71. The first-order valence-corrected chi connectivity index (χ1v) is 4.81. The average molecular weight is 184 g/mol. The van der Waals surface area contributed by atoms with Crippen molar-refractivity contribution < 1.29 is 9.53 Å². The Labute approximate surface area is 76.7 Å². The molecule has 0 aliphatic carbocycles. The molecule has 0 N–H and O–H groups in total. The number of rotatable bonds is 2. The zero-order chi connectivity index (χ0) is 8.97. The van der Waals surface area contributed by atoms with Crippen LogP contribution in [0, 0.1) is 0 Å². The van der Waals surface area contributed by atoms with Crippen LogP contribution >= 0.6 is 11.8 Å². The van der Waals surface area contributed by atoms with E-state index in [1.807, 2.05) is 6.92 Å². The zero-order valence-electron chi connectivity index (χ0n) is 7.29. The Hall–Kier alpha value is -0.700. The van der Waals surface area contributed by atoms with E-state index in [0.717, 1.165) is 10.7 Å². The smallest absolute Gasteiger partial charge is 0.302 e. The molecule has 3 heteroatoms. The first-order valence-electron chi connectivity index (χ1n) is 3.82. The SMILES string of the molecule is CC(=O)OCC1=C(C)C=CCS1. The van der Waals surface area contributed by atoms with Crippen LogP contribution in [0.3, 0.4) is 0 Å². The highest BCUT2D eigenvalue weighted by Crippen LogP contribution is 2.25. The summed E-state index contributed by atoms with van der Waals surface area (Å²) < 4.78 is 4.90. The summed E-state index contributed by atoms with van der Waals surface area (Å²) in [4.78, 5) is 11.7. The Bertz CT molecular complexity index is 241. The first kappa shape index (κ1) is 9.39. The number of hydrogen-bond acceptors (Lipinski definition) is 3. The van der Waals surface area contributed by atoms with E-state index in [0.29, 0.717) is 6.61 Å². The molecule has 0 aromatic rings. The van der Waals surface area contributed by atoms with Crippen LogP contribution in [0.5, 0.6) is 0 Å². The van der Waals surface area contributed by atoms with Gasteiger partial charge in [-0.15, -0.1) is 11.8 Å². The van der Waals surface area contributed by atoms with Gasteiger partial charge in [0.15, 0.2) is 0 Å². The number of carbonyl (C=O) groups is 1. The number of thioether (sulfide) groups is 1. The van der Waals surface area contributed by atoms with E-state index >= 15 is 0 Å². The summed E-state index contributed by atoms with van der Waals surface area (Å²) >= 11 is 1.73. The summed E-state index contributed by atoms with van der Waals surface area (Å²) in [6.07, 6.45) is 4.17. The molecule has 0 radical (unpaired) electrons. The van der Waals surface area contributed by atoms with Crippen LogP contribution in [-0.4, -0.2) is 18.3 Å². The lowest BCUT2D eigenvalue weighted by atomic mass is 10.2. The molecule has 0 saturated heterocycles. The summed E-state index contributed by atoms with van der Waals surface area (Å²) in [5.74, 6) is 0.763. The van der Waals surface area contributed by atoms with E-state index in [9.17, 15) is 4.79 Å². The van der Waals surface area contributed by atoms with Crippen LogP contribution < -0.4 is 0 Å². The molecule has 0 saturated carbocycles. The lowest BCUT2D eigenvalue weighted by Crippen LogP contribution is -2.04. The van der Waals surface area contributed by atoms with Crippen LogP contribution in [-0.2, 0) is 9.53 Å². The van der Waals surface area contributed by atoms with Gasteiger partial charge in [0.25, 0.3) is 0 Å². The quantitative estimate of drug-likeness (QED) is 0.615. The van der Waals surface area contributed by atoms with E-state index < -0.39 is 0 Å². The van der Waals surface area contributed by atoms with Gasteiger partial charge in [0.2, 0.25) is 0 Å². The van der Waals surface area contributed by atoms with Crippen molar-refractivity contribution >= 4 is 17.7 Å². The van der Waals surface area contributed by atoms with Crippen LogP contribution in [0.4, 0.5) is 0 Å². The first-order chi connectivity index (χ1) is 5.70. The molecule has 1 heterocycles. The molecule has 0 amide bonds. The molecule has 0 atom stereocenters. The zero-order valence-corrected chi connectivity index (χ0v) is 8.11. The maximum absolute atomic E-state index is 10.5. The van der Waals surface area contributed by atoms with Gasteiger partial charge in [0.1, 0.15) is 6.61 Å².